The van der Waals surface area contributed by atoms with E-state index in [0.29, 0.717) is 11.2 Å². The van der Waals surface area contributed by atoms with E-state index in [0.717, 1.165) is 30.8 Å². The van der Waals surface area contributed by atoms with E-state index in [1.807, 2.05) is 25.4 Å². The third-order valence-corrected chi connectivity index (χ3v) is 5.36. The second-order valence-corrected chi connectivity index (χ2v) is 7.17. The third-order valence-electron chi connectivity index (χ3n) is 5.14. The fourth-order valence-corrected chi connectivity index (χ4v) is 3.83. The van der Waals surface area contributed by atoms with Gasteiger partial charge in [0.2, 0.25) is 0 Å². The molecule has 2 atom stereocenters. The van der Waals surface area contributed by atoms with Crippen molar-refractivity contribution >= 4 is 41.5 Å². The van der Waals surface area contributed by atoms with Gasteiger partial charge < -0.3 is 10.6 Å². The van der Waals surface area contributed by atoms with Crippen molar-refractivity contribution in [2.45, 2.75) is 51.0 Å². The molecule has 1 heterocycles. The number of aromatic nitrogens is 1. The Kier molecular flexibility index (Phi) is 8.07. The second kappa shape index (κ2) is 9.80. The van der Waals surface area contributed by atoms with Gasteiger partial charge in [0.1, 0.15) is 5.15 Å². The fourth-order valence-electron chi connectivity index (χ4n) is 3.71. The van der Waals surface area contributed by atoms with Crippen molar-refractivity contribution in [1.82, 2.24) is 15.6 Å². The van der Waals surface area contributed by atoms with E-state index in [1.54, 1.807) is 0 Å². The highest BCUT2D eigenvalue weighted by Gasteiger charge is 2.43. The molecule has 0 spiro atoms. The molecule has 134 valence electrons. The molecule has 3 rings (SSSR count). The topological polar surface area (TPSA) is 49.3 Å². The Hall–Kier alpha value is -0.560. The van der Waals surface area contributed by atoms with Crippen LogP contribution in [0, 0.1) is 11.8 Å². The average Bonchev–Trinajstić information content (AvgIpc) is 3.36. The molecular formula is C18H28ClIN4. The van der Waals surface area contributed by atoms with Gasteiger partial charge in [-0.05, 0) is 36.3 Å². The third kappa shape index (κ3) is 5.76. The van der Waals surface area contributed by atoms with E-state index in [2.05, 4.69) is 20.6 Å². The van der Waals surface area contributed by atoms with Crippen molar-refractivity contribution in [2.24, 2.45) is 16.8 Å². The molecule has 0 aromatic carbocycles. The Bertz CT molecular complexity index is 528. The molecule has 24 heavy (non-hydrogen) atoms. The first-order valence-corrected chi connectivity index (χ1v) is 9.21. The van der Waals surface area contributed by atoms with Gasteiger partial charge in [-0.2, -0.15) is 0 Å². The lowest BCUT2D eigenvalue weighted by Crippen LogP contribution is -2.40. The summed E-state index contributed by atoms with van der Waals surface area (Å²) in [6.07, 6.45) is 11.2. The first kappa shape index (κ1) is 19.8. The maximum absolute atomic E-state index is 5.80. The Balaban J connectivity index is 0.00000208. The van der Waals surface area contributed by atoms with E-state index >= 15 is 0 Å². The SMILES string of the molecule is CN=C(NCCc1ccc(Cl)nc1)NC1CC1C1CCCCC1.I. The summed E-state index contributed by atoms with van der Waals surface area (Å²) in [6.45, 7) is 0.851. The Morgan fingerprint density at radius 2 is 2.08 bits per heavy atom. The molecule has 0 aliphatic heterocycles. The molecule has 0 saturated heterocycles. The van der Waals surface area contributed by atoms with Crippen LogP contribution in [0.4, 0.5) is 0 Å². The monoisotopic (exact) mass is 462 g/mol. The largest absolute Gasteiger partial charge is 0.356 e. The van der Waals surface area contributed by atoms with Gasteiger partial charge in [-0.15, -0.1) is 24.0 Å². The summed E-state index contributed by atoms with van der Waals surface area (Å²) in [5, 5.41) is 7.53. The molecule has 4 nitrogen and oxygen atoms in total. The molecule has 2 aliphatic rings. The lowest BCUT2D eigenvalue weighted by atomic mass is 9.85. The summed E-state index contributed by atoms with van der Waals surface area (Å²) in [7, 11) is 1.84. The van der Waals surface area contributed by atoms with Crippen molar-refractivity contribution in [3.63, 3.8) is 0 Å². The summed E-state index contributed by atoms with van der Waals surface area (Å²) in [6, 6.07) is 4.48. The molecule has 2 unspecified atom stereocenters. The Labute approximate surface area is 167 Å². The highest BCUT2D eigenvalue weighted by atomic mass is 127. The molecule has 0 radical (unpaired) electrons. The first-order valence-electron chi connectivity index (χ1n) is 8.84. The summed E-state index contributed by atoms with van der Waals surface area (Å²) < 4.78 is 0. The number of guanidine groups is 1. The van der Waals surface area contributed by atoms with Crippen molar-refractivity contribution < 1.29 is 0 Å². The molecule has 1 aromatic rings. The van der Waals surface area contributed by atoms with Crippen LogP contribution in [-0.4, -0.2) is 30.6 Å². The zero-order chi connectivity index (χ0) is 16.1. The minimum absolute atomic E-state index is 0. The van der Waals surface area contributed by atoms with Crippen molar-refractivity contribution in [3.05, 3.63) is 29.0 Å². The zero-order valence-corrected chi connectivity index (χ0v) is 17.4. The smallest absolute Gasteiger partial charge is 0.191 e. The standard InChI is InChI=1S/C18H27ClN4.HI/c1-20-18(21-10-9-13-7-8-17(19)22-12-13)23-16-11-15(16)14-5-3-2-4-6-14;/h7-8,12,14-16H,2-6,9-11H2,1H3,(H2,20,21,23);1H. The van der Waals surface area contributed by atoms with Crippen LogP contribution in [0.2, 0.25) is 5.15 Å². The predicted octanol–water partition coefficient (Wildman–Crippen LogP) is 4.03. The summed E-state index contributed by atoms with van der Waals surface area (Å²) >= 11 is 5.80. The fraction of sp³-hybridized carbons (Fsp3) is 0.667. The molecule has 2 N–H and O–H groups in total. The Morgan fingerprint density at radius 1 is 1.29 bits per heavy atom. The maximum atomic E-state index is 5.80. The number of halogens is 2. The van der Waals surface area contributed by atoms with Crippen LogP contribution in [0.3, 0.4) is 0 Å². The van der Waals surface area contributed by atoms with E-state index in [-0.39, 0.29) is 24.0 Å². The van der Waals surface area contributed by atoms with Crippen molar-refractivity contribution in [1.29, 1.82) is 0 Å². The van der Waals surface area contributed by atoms with Crippen LogP contribution in [0.1, 0.15) is 44.1 Å². The number of nitrogens with zero attached hydrogens (tertiary/aromatic N) is 2. The van der Waals surface area contributed by atoms with Gasteiger partial charge in [0.25, 0.3) is 0 Å². The van der Waals surface area contributed by atoms with Gasteiger partial charge in [0.15, 0.2) is 5.96 Å². The van der Waals surface area contributed by atoms with Gasteiger partial charge in [0, 0.05) is 25.8 Å². The van der Waals surface area contributed by atoms with Gasteiger partial charge in [0.05, 0.1) is 0 Å². The van der Waals surface area contributed by atoms with Crippen LogP contribution in [0.25, 0.3) is 0 Å². The first-order chi connectivity index (χ1) is 11.3. The van der Waals surface area contributed by atoms with Crippen molar-refractivity contribution in [2.75, 3.05) is 13.6 Å². The zero-order valence-electron chi connectivity index (χ0n) is 14.3. The van der Waals surface area contributed by atoms with E-state index in [9.17, 15) is 0 Å². The number of aliphatic imine (C=N–C) groups is 1. The summed E-state index contributed by atoms with van der Waals surface area (Å²) in [5.41, 5.74) is 1.18. The second-order valence-electron chi connectivity index (χ2n) is 6.79. The van der Waals surface area contributed by atoms with Crippen LogP contribution >= 0.6 is 35.6 Å². The number of hydrogen-bond donors (Lipinski definition) is 2. The van der Waals surface area contributed by atoms with Gasteiger partial charge in [-0.25, -0.2) is 4.98 Å². The number of hydrogen-bond acceptors (Lipinski definition) is 2. The number of rotatable bonds is 5. The van der Waals surface area contributed by atoms with Crippen LogP contribution in [0.15, 0.2) is 23.3 Å². The maximum Gasteiger partial charge on any atom is 0.191 e. The molecular weight excluding hydrogens is 435 g/mol. The molecule has 2 saturated carbocycles. The van der Waals surface area contributed by atoms with Gasteiger partial charge >= 0.3 is 0 Å². The normalized spacial score (nSPS) is 24.2. The van der Waals surface area contributed by atoms with Crippen LogP contribution < -0.4 is 10.6 Å². The molecule has 6 heteroatoms. The number of nitrogens with one attached hydrogen (secondary N) is 2. The molecule has 0 bridgehead atoms. The number of pyridine rings is 1. The van der Waals surface area contributed by atoms with Crippen molar-refractivity contribution in [3.8, 4) is 0 Å². The summed E-state index contributed by atoms with van der Waals surface area (Å²) in [5.74, 6) is 2.74. The molecule has 1 aromatic heterocycles. The molecule has 2 aliphatic carbocycles. The highest BCUT2D eigenvalue weighted by Crippen LogP contribution is 2.44. The lowest BCUT2D eigenvalue weighted by Gasteiger charge is -2.22. The molecule has 0 amide bonds. The van der Waals surface area contributed by atoms with E-state index in [4.69, 9.17) is 11.6 Å². The van der Waals surface area contributed by atoms with Gasteiger partial charge in [-0.1, -0.05) is 49.8 Å². The quantitative estimate of drug-likeness (QED) is 0.301. The minimum atomic E-state index is 0. The summed E-state index contributed by atoms with van der Waals surface area (Å²) in [4.78, 5) is 8.46. The van der Waals surface area contributed by atoms with E-state index in [1.165, 1.54) is 44.1 Å². The van der Waals surface area contributed by atoms with Crippen LogP contribution in [0.5, 0.6) is 0 Å². The van der Waals surface area contributed by atoms with Crippen LogP contribution in [-0.2, 0) is 6.42 Å². The Morgan fingerprint density at radius 3 is 2.75 bits per heavy atom. The lowest BCUT2D eigenvalue weighted by molar-refractivity contribution is 0.315. The minimum Gasteiger partial charge on any atom is -0.356 e. The van der Waals surface area contributed by atoms with Gasteiger partial charge in [-0.3, -0.25) is 4.99 Å². The van der Waals surface area contributed by atoms with E-state index < -0.39 is 0 Å². The molecule has 2 fully saturated rings. The predicted molar refractivity (Wildman–Crippen MR) is 111 cm³/mol. The average molecular weight is 463 g/mol. The highest BCUT2D eigenvalue weighted by molar-refractivity contribution is 14.0.